The maximum atomic E-state index is 11.2. The van der Waals surface area contributed by atoms with Crippen molar-refractivity contribution in [1.82, 2.24) is 4.57 Å². The number of nitrogens with zero attached hydrogens (tertiary/aromatic N) is 1. The van der Waals surface area contributed by atoms with Crippen LogP contribution in [0, 0.1) is 0 Å². The average molecular weight is 263 g/mol. The van der Waals surface area contributed by atoms with Gasteiger partial charge in [0, 0.05) is 24.6 Å². The Labute approximate surface area is 111 Å². The lowest BCUT2D eigenvalue weighted by Gasteiger charge is -2.09. The molecule has 0 amide bonds. The molecule has 0 aliphatic heterocycles. The molecule has 5 nitrogen and oxygen atoms in total. The first-order valence-electron chi connectivity index (χ1n) is 6.12. The molecule has 0 unspecified atom stereocenters. The second-order valence-corrected chi connectivity index (χ2v) is 4.15. The molecule has 0 aliphatic carbocycles. The van der Waals surface area contributed by atoms with Gasteiger partial charge in [-0.1, -0.05) is 18.2 Å². The molecule has 2 rings (SSSR count). The first-order chi connectivity index (χ1) is 9.24. The molecule has 0 saturated carbocycles. The third-order valence-electron chi connectivity index (χ3n) is 2.92. The van der Waals surface area contributed by atoms with Crippen LogP contribution >= 0.6 is 0 Å². The van der Waals surface area contributed by atoms with Crippen molar-refractivity contribution in [2.24, 2.45) is 0 Å². The highest BCUT2D eigenvalue weighted by Crippen LogP contribution is 2.19. The fourth-order valence-electron chi connectivity index (χ4n) is 2.03. The first kappa shape index (κ1) is 13.6. The van der Waals surface area contributed by atoms with Gasteiger partial charge in [0.1, 0.15) is 5.69 Å². The highest BCUT2D eigenvalue weighted by molar-refractivity contribution is 5.94. The molecule has 1 aromatic heterocycles. The minimum absolute atomic E-state index is 0.288. The van der Waals surface area contributed by atoms with Gasteiger partial charge in [-0.25, -0.2) is 4.79 Å². The van der Waals surface area contributed by atoms with Gasteiger partial charge in [0.15, 0.2) is 0 Å². The smallest absolute Gasteiger partial charge is 0.352 e. The highest BCUT2D eigenvalue weighted by atomic mass is 16.5. The first-order valence-corrected chi connectivity index (χ1v) is 6.12. The Morgan fingerprint density at radius 3 is 2.79 bits per heavy atom. The van der Waals surface area contributed by atoms with Gasteiger partial charge in [-0.2, -0.15) is 0 Å². The summed E-state index contributed by atoms with van der Waals surface area (Å²) >= 11 is 0. The Bertz CT molecular complexity index is 562. The van der Waals surface area contributed by atoms with Crippen molar-refractivity contribution in [2.45, 2.75) is 6.54 Å². The minimum Gasteiger partial charge on any atom is -0.477 e. The van der Waals surface area contributed by atoms with Crippen molar-refractivity contribution in [3.8, 4) is 0 Å². The van der Waals surface area contributed by atoms with Gasteiger partial charge in [-0.3, -0.25) is 0 Å². The number of carbonyl (C=O) groups is 1. The summed E-state index contributed by atoms with van der Waals surface area (Å²) in [6.07, 6.45) is 0. The number of methoxy groups -OCH3 is 1. The van der Waals surface area contributed by atoms with E-state index >= 15 is 0 Å². The van der Waals surface area contributed by atoms with Crippen LogP contribution in [0.2, 0.25) is 0 Å². The van der Waals surface area contributed by atoms with E-state index in [1.54, 1.807) is 17.7 Å². The zero-order valence-corrected chi connectivity index (χ0v) is 10.8. The number of para-hydroxylation sites is 1. The van der Waals surface area contributed by atoms with Crippen LogP contribution in [-0.4, -0.2) is 42.6 Å². The zero-order chi connectivity index (χ0) is 13.7. The lowest BCUT2D eigenvalue weighted by Crippen LogP contribution is -2.13. The molecule has 0 radical (unpaired) electrons. The quantitative estimate of drug-likeness (QED) is 0.776. The van der Waals surface area contributed by atoms with Crippen LogP contribution in [0.3, 0.4) is 0 Å². The molecule has 0 aliphatic rings. The summed E-state index contributed by atoms with van der Waals surface area (Å²) in [6, 6.07) is 9.30. The Hall–Kier alpha value is -1.85. The van der Waals surface area contributed by atoms with E-state index in [2.05, 4.69) is 0 Å². The predicted octanol–water partition coefficient (Wildman–Crippen LogP) is 2.00. The standard InChI is InChI=1S/C14H17NO4/c1-18-8-9-19-7-6-15-12-5-3-2-4-11(12)10-13(15)14(16)17/h2-5,10H,6-9H2,1H3,(H,16,17). The maximum absolute atomic E-state index is 11.2. The Kier molecular flexibility index (Phi) is 4.54. The van der Waals surface area contributed by atoms with Crippen LogP contribution in [-0.2, 0) is 16.0 Å². The van der Waals surface area contributed by atoms with E-state index in [1.807, 2.05) is 24.3 Å². The summed E-state index contributed by atoms with van der Waals surface area (Å²) in [5.41, 5.74) is 1.20. The molecular formula is C14H17NO4. The normalized spacial score (nSPS) is 11.0. The Balaban J connectivity index is 2.15. The van der Waals surface area contributed by atoms with Gasteiger partial charge in [0.05, 0.1) is 19.8 Å². The molecular weight excluding hydrogens is 246 g/mol. The molecule has 2 aromatic rings. The average Bonchev–Trinajstić information content (AvgIpc) is 2.78. The van der Waals surface area contributed by atoms with E-state index in [1.165, 1.54) is 0 Å². The number of carboxylic acid groups (broad SMARTS) is 1. The van der Waals surface area contributed by atoms with Crippen molar-refractivity contribution >= 4 is 16.9 Å². The van der Waals surface area contributed by atoms with E-state index in [9.17, 15) is 9.90 Å². The number of hydrogen-bond acceptors (Lipinski definition) is 3. The van der Waals surface area contributed by atoms with Crippen LogP contribution < -0.4 is 0 Å². The summed E-state index contributed by atoms with van der Waals surface area (Å²) in [4.78, 5) is 11.2. The van der Waals surface area contributed by atoms with Gasteiger partial charge in [-0.15, -0.1) is 0 Å². The van der Waals surface area contributed by atoms with Crippen LogP contribution in [0.5, 0.6) is 0 Å². The molecule has 102 valence electrons. The molecule has 1 aromatic carbocycles. The largest absolute Gasteiger partial charge is 0.477 e. The van der Waals surface area contributed by atoms with Gasteiger partial charge in [0.25, 0.3) is 0 Å². The van der Waals surface area contributed by atoms with E-state index in [0.29, 0.717) is 26.4 Å². The summed E-state index contributed by atoms with van der Waals surface area (Å²) in [6.45, 7) is 2.03. The third-order valence-corrected chi connectivity index (χ3v) is 2.92. The number of rotatable bonds is 7. The SMILES string of the molecule is COCCOCCn1c(C(=O)O)cc2ccccc21. The molecule has 0 bridgehead atoms. The number of benzene rings is 1. The van der Waals surface area contributed by atoms with Crippen molar-refractivity contribution in [2.75, 3.05) is 26.9 Å². The second kappa shape index (κ2) is 6.36. The van der Waals surface area contributed by atoms with Gasteiger partial charge in [-0.05, 0) is 12.1 Å². The van der Waals surface area contributed by atoms with Crippen LogP contribution in [0.4, 0.5) is 0 Å². The van der Waals surface area contributed by atoms with E-state index in [0.717, 1.165) is 10.9 Å². The van der Waals surface area contributed by atoms with Gasteiger partial charge in [0.2, 0.25) is 0 Å². The number of hydrogen-bond donors (Lipinski definition) is 1. The number of ether oxygens (including phenoxy) is 2. The molecule has 0 saturated heterocycles. The summed E-state index contributed by atoms with van der Waals surface area (Å²) in [5.74, 6) is -0.923. The number of fused-ring (bicyclic) bond motifs is 1. The summed E-state index contributed by atoms with van der Waals surface area (Å²) in [5, 5.41) is 10.2. The van der Waals surface area contributed by atoms with Crippen molar-refractivity contribution < 1.29 is 19.4 Å². The summed E-state index contributed by atoms with van der Waals surface area (Å²) in [7, 11) is 1.62. The second-order valence-electron chi connectivity index (χ2n) is 4.15. The number of aromatic carboxylic acids is 1. The monoisotopic (exact) mass is 263 g/mol. The van der Waals surface area contributed by atoms with E-state index in [4.69, 9.17) is 9.47 Å². The predicted molar refractivity (Wildman–Crippen MR) is 71.6 cm³/mol. The van der Waals surface area contributed by atoms with E-state index in [-0.39, 0.29) is 5.69 Å². The van der Waals surface area contributed by atoms with Crippen LogP contribution in [0.25, 0.3) is 10.9 Å². The van der Waals surface area contributed by atoms with Crippen molar-refractivity contribution in [3.05, 3.63) is 36.0 Å². The minimum atomic E-state index is -0.923. The molecule has 5 heteroatoms. The fraction of sp³-hybridized carbons (Fsp3) is 0.357. The van der Waals surface area contributed by atoms with E-state index < -0.39 is 5.97 Å². The molecule has 1 heterocycles. The third kappa shape index (κ3) is 3.13. The number of aromatic nitrogens is 1. The zero-order valence-electron chi connectivity index (χ0n) is 10.8. The molecule has 1 N–H and O–H groups in total. The Morgan fingerprint density at radius 2 is 2.05 bits per heavy atom. The highest BCUT2D eigenvalue weighted by Gasteiger charge is 2.13. The van der Waals surface area contributed by atoms with Crippen LogP contribution in [0.15, 0.2) is 30.3 Å². The van der Waals surface area contributed by atoms with Crippen molar-refractivity contribution in [3.63, 3.8) is 0 Å². The maximum Gasteiger partial charge on any atom is 0.352 e. The lowest BCUT2D eigenvalue weighted by atomic mass is 10.2. The Morgan fingerprint density at radius 1 is 1.26 bits per heavy atom. The number of carboxylic acids is 1. The molecule has 19 heavy (non-hydrogen) atoms. The van der Waals surface area contributed by atoms with Gasteiger partial charge >= 0.3 is 5.97 Å². The fourth-order valence-corrected chi connectivity index (χ4v) is 2.03. The molecule has 0 spiro atoms. The summed E-state index contributed by atoms with van der Waals surface area (Å²) < 4.78 is 12.0. The molecule has 0 fully saturated rings. The topological polar surface area (TPSA) is 60.7 Å². The van der Waals surface area contributed by atoms with Gasteiger partial charge < -0.3 is 19.1 Å². The van der Waals surface area contributed by atoms with Crippen LogP contribution in [0.1, 0.15) is 10.5 Å². The lowest BCUT2D eigenvalue weighted by molar-refractivity contribution is 0.0632. The molecule has 0 atom stereocenters. The van der Waals surface area contributed by atoms with Crippen molar-refractivity contribution in [1.29, 1.82) is 0 Å².